The summed E-state index contributed by atoms with van der Waals surface area (Å²) in [5.74, 6) is 0.323. The lowest BCUT2D eigenvalue weighted by Gasteiger charge is -2.16. The highest BCUT2D eigenvalue weighted by atomic mass is 33.1. The number of rotatable bonds is 12. The SMILES string of the molecule is CC(CCC(=O)O)CC(=O)C(C)NC(=O)CCCCC1CCSS1. The Morgan fingerprint density at radius 2 is 1.96 bits per heavy atom. The molecule has 1 heterocycles. The van der Waals surface area contributed by atoms with Crippen molar-refractivity contribution in [3.05, 3.63) is 0 Å². The molecule has 138 valence electrons. The molecule has 0 aliphatic carbocycles. The molecule has 0 bridgehead atoms. The van der Waals surface area contributed by atoms with E-state index in [0.717, 1.165) is 18.1 Å². The molecule has 1 amide bonds. The van der Waals surface area contributed by atoms with Crippen LogP contribution in [-0.4, -0.2) is 39.8 Å². The monoisotopic (exact) mass is 375 g/mol. The zero-order valence-electron chi connectivity index (χ0n) is 14.6. The average molecular weight is 376 g/mol. The maximum absolute atomic E-state index is 12.1. The molecule has 0 saturated carbocycles. The summed E-state index contributed by atoms with van der Waals surface area (Å²) >= 11 is 0. The van der Waals surface area contributed by atoms with Crippen LogP contribution in [0.15, 0.2) is 0 Å². The van der Waals surface area contributed by atoms with Crippen molar-refractivity contribution in [1.82, 2.24) is 5.32 Å². The van der Waals surface area contributed by atoms with Crippen LogP contribution in [0.25, 0.3) is 0 Å². The Morgan fingerprint density at radius 3 is 2.58 bits per heavy atom. The van der Waals surface area contributed by atoms with Crippen molar-refractivity contribution >= 4 is 39.2 Å². The molecule has 0 spiro atoms. The van der Waals surface area contributed by atoms with Gasteiger partial charge in [0, 0.05) is 30.3 Å². The Morgan fingerprint density at radius 1 is 1.21 bits per heavy atom. The van der Waals surface area contributed by atoms with Gasteiger partial charge < -0.3 is 10.4 Å². The van der Waals surface area contributed by atoms with Gasteiger partial charge in [-0.25, -0.2) is 0 Å². The third kappa shape index (κ3) is 9.57. The second-order valence-corrected chi connectivity index (χ2v) is 9.36. The first-order valence-electron chi connectivity index (χ1n) is 8.70. The van der Waals surface area contributed by atoms with E-state index in [0.29, 0.717) is 19.3 Å². The summed E-state index contributed by atoms with van der Waals surface area (Å²) in [4.78, 5) is 34.5. The van der Waals surface area contributed by atoms with Gasteiger partial charge in [-0.2, -0.15) is 0 Å². The van der Waals surface area contributed by atoms with E-state index in [4.69, 9.17) is 5.11 Å². The third-order valence-electron chi connectivity index (χ3n) is 4.17. The molecule has 1 fully saturated rings. The molecule has 1 rings (SSSR count). The van der Waals surface area contributed by atoms with Crippen molar-refractivity contribution in [2.75, 3.05) is 5.75 Å². The van der Waals surface area contributed by atoms with Gasteiger partial charge in [0.15, 0.2) is 5.78 Å². The molecule has 5 nitrogen and oxygen atoms in total. The van der Waals surface area contributed by atoms with E-state index >= 15 is 0 Å². The van der Waals surface area contributed by atoms with E-state index in [1.54, 1.807) is 6.92 Å². The van der Waals surface area contributed by atoms with Crippen LogP contribution in [0.5, 0.6) is 0 Å². The van der Waals surface area contributed by atoms with Crippen LogP contribution in [-0.2, 0) is 14.4 Å². The smallest absolute Gasteiger partial charge is 0.303 e. The van der Waals surface area contributed by atoms with Gasteiger partial charge in [0.25, 0.3) is 0 Å². The van der Waals surface area contributed by atoms with E-state index in [-0.39, 0.29) is 24.0 Å². The standard InChI is InChI=1S/C17H29NO4S2/c1-12(7-8-17(21)22)11-15(19)13(2)18-16(20)6-4-3-5-14-9-10-23-24-14/h12-14H,3-11H2,1-2H3,(H,18,20)(H,21,22). The van der Waals surface area contributed by atoms with Crippen molar-refractivity contribution in [1.29, 1.82) is 0 Å². The van der Waals surface area contributed by atoms with Gasteiger partial charge in [-0.05, 0) is 38.5 Å². The van der Waals surface area contributed by atoms with Crippen LogP contribution >= 0.6 is 21.6 Å². The largest absolute Gasteiger partial charge is 0.481 e. The van der Waals surface area contributed by atoms with Crippen molar-refractivity contribution in [2.45, 2.75) is 76.5 Å². The van der Waals surface area contributed by atoms with Crippen LogP contribution in [0.2, 0.25) is 0 Å². The van der Waals surface area contributed by atoms with E-state index in [1.807, 2.05) is 28.5 Å². The minimum absolute atomic E-state index is 0.0229. The van der Waals surface area contributed by atoms with E-state index in [1.165, 1.54) is 18.6 Å². The van der Waals surface area contributed by atoms with Crippen molar-refractivity contribution in [3.8, 4) is 0 Å². The molecule has 1 aliphatic rings. The normalized spacial score (nSPS) is 19.7. The molecule has 2 N–H and O–H groups in total. The number of amides is 1. The molecule has 24 heavy (non-hydrogen) atoms. The summed E-state index contributed by atoms with van der Waals surface area (Å²) in [5, 5.41) is 12.2. The first-order chi connectivity index (χ1) is 11.4. The minimum atomic E-state index is -0.842. The van der Waals surface area contributed by atoms with Crippen molar-refractivity contribution in [2.24, 2.45) is 5.92 Å². The fourth-order valence-corrected chi connectivity index (χ4v) is 5.64. The van der Waals surface area contributed by atoms with E-state index in [2.05, 4.69) is 5.32 Å². The lowest BCUT2D eigenvalue weighted by Crippen LogP contribution is -2.39. The zero-order chi connectivity index (χ0) is 17.9. The molecule has 1 aliphatic heterocycles. The fraction of sp³-hybridized carbons (Fsp3) is 0.824. The predicted octanol–water partition coefficient (Wildman–Crippen LogP) is 3.67. The molecule has 0 aromatic carbocycles. The average Bonchev–Trinajstić information content (AvgIpc) is 3.02. The molecule has 0 radical (unpaired) electrons. The van der Waals surface area contributed by atoms with Crippen LogP contribution in [0.4, 0.5) is 0 Å². The van der Waals surface area contributed by atoms with E-state index in [9.17, 15) is 14.4 Å². The van der Waals surface area contributed by atoms with Gasteiger partial charge in [-0.15, -0.1) is 0 Å². The second kappa shape index (κ2) is 11.8. The predicted molar refractivity (Wildman–Crippen MR) is 100 cm³/mol. The molecule has 7 heteroatoms. The maximum Gasteiger partial charge on any atom is 0.303 e. The van der Waals surface area contributed by atoms with Gasteiger partial charge in [0.1, 0.15) is 0 Å². The van der Waals surface area contributed by atoms with Gasteiger partial charge >= 0.3 is 5.97 Å². The molecule has 0 aromatic heterocycles. The number of unbranched alkanes of at least 4 members (excludes halogenated alkanes) is 1. The van der Waals surface area contributed by atoms with Crippen LogP contribution < -0.4 is 5.32 Å². The summed E-state index contributed by atoms with van der Waals surface area (Å²) in [5.41, 5.74) is 0. The van der Waals surface area contributed by atoms with Crippen molar-refractivity contribution in [3.63, 3.8) is 0 Å². The highest BCUT2D eigenvalue weighted by molar-refractivity contribution is 8.77. The maximum atomic E-state index is 12.1. The van der Waals surface area contributed by atoms with Gasteiger partial charge in [-0.1, -0.05) is 34.9 Å². The Hall–Kier alpha value is -0.690. The van der Waals surface area contributed by atoms with Crippen molar-refractivity contribution < 1.29 is 19.5 Å². The topological polar surface area (TPSA) is 83.5 Å². The second-order valence-electron chi connectivity index (χ2n) is 6.57. The Bertz CT molecular complexity index is 425. The Kier molecular flexibility index (Phi) is 10.5. The minimum Gasteiger partial charge on any atom is -0.481 e. The Labute approximate surface area is 152 Å². The molecule has 0 aromatic rings. The first-order valence-corrected chi connectivity index (χ1v) is 11.1. The molecular formula is C17H29NO4S2. The summed E-state index contributed by atoms with van der Waals surface area (Å²) in [6, 6.07) is -0.494. The number of aliphatic carboxylic acids is 1. The van der Waals surface area contributed by atoms with Gasteiger partial charge in [0.2, 0.25) is 5.91 Å². The number of hydrogen-bond acceptors (Lipinski definition) is 5. The number of carboxylic acids is 1. The van der Waals surface area contributed by atoms with Gasteiger partial charge in [0.05, 0.1) is 6.04 Å². The summed E-state index contributed by atoms with van der Waals surface area (Å²) in [6.45, 7) is 3.57. The summed E-state index contributed by atoms with van der Waals surface area (Å²) in [7, 11) is 3.90. The molecule has 3 atom stereocenters. The first kappa shape index (κ1) is 21.4. The number of Topliss-reactive ketones (excluding diaryl/α,β-unsaturated/α-hetero) is 1. The number of carbonyl (C=O) groups is 3. The highest BCUT2D eigenvalue weighted by Crippen LogP contribution is 2.39. The molecule has 3 unspecified atom stereocenters. The van der Waals surface area contributed by atoms with E-state index < -0.39 is 12.0 Å². The number of hydrogen-bond donors (Lipinski definition) is 2. The number of carbonyl (C=O) groups excluding carboxylic acids is 2. The number of nitrogens with one attached hydrogen (secondary N) is 1. The number of carboxylic acid groups (broad SMARTS) is 1. The lowest BCUT2D eigenvalue weighted by atomic mass is 9.96. The fourth-order valence-electron chi connectivity index (χ4n) is 2.61. The van der Waals surface area contributed by atoms with Crippen LogP contribution in [0.3, 0.4) is 0 Å². The molecular weight excluding hydrogens is 346 g/mol. The highest BCUT2D eigenvalue weighted by Gasteiger charge is 2.19. The molecule has 1 saturated heterocycles. The van der Waals surface area contributed by atoms with Gasteiger partial charge in [-0.3, -0.25) is 14.4 Å². The van der Waals surface area contributed by atoms with Crippen LogP contribution in [0.1, 0.15) is 65.2 Å². The summed E-state index contributed by atoms with van der Waals surface area (Å²) < 4.78 is 0. The lowest BCUT2D eigenvalue weighted by molar-refractivity contribution is -0.137. The van der Waals surface area contributed by atoms with Crippen LogP contribution in [0, 0.1) is 5.92 Å². The Balaban J connectivity index is 2.12. The number of ketones is 1. The zero-order valence-corrected chi connectivity index (χ0v) is 16.2. The summed E-state index contributed by atoms with van der Waals surface area (Å²) in [6.07, 6.45) is 5.70. The third-order valence-corrected chi connectivity index (χ3v) is 7.18. The quantitative estimate of drug-likeness (QED) is 0.400.